The predicted octanol–water partition coefficient (Wildman–Crippen LogP) is 3.20. The van der Waals surface area contributed by atoms with Gasteiger partial charge in [-0.1, -0.05) is 13.0 Å². The first-order valence-corrected chi connectivity index (χ1v) is 5.95. The number of thiophene rings is 1. The van der Waals surface area contributed by atoms with Crippen molar-refractivity contribution < 1.29 is 0 Å². The third kappa shape index (κ3) is 1.94. The summed E-state index contributed by atoms with van der Waals surface area (Å²) in [5, 5.41) is 5.83. The average Bonchev–Trinajstić information content (AvgIpc) is 2.64. The van der Waals surface area contributed by atoms with Gasteiger partial charge in [0.2, 0.25) is 0 Å². The SMILES string of the molecule is CC1CCC1N[C@@H](C)c1cccs1. The van der Waals surface area contributed by atoms with E-state index in [-0.39, 0.29) is 0 Å². The van der Waals surface area contributed by atoms with Gasteiger partial charge in [0.05, 0.1) is 0 Å². The lowest BCUT2D eigenvalue weighted by molar-refractivity contribution is 0.214. The number of rotatable bonds is 3. The van der Waals surface area contributed by atoms with Crippen molar-refractivity contribution in [1.82, 2.24) is 5.32 Å². The first-order chi connectivity index (χ1) is 6.27. The van der Waals surface area contributed by atoms with Crippen molar-refractivity contribution in [2.75, 3.05) is 0 Å². The molecule has 1 nitrogen and oxygen atoms in total. The molecule has 0 amide bonds. The lowest BCUT2D eigenvalue weighted by Crippen LogP contribution is -2.43. The molecule has 72 valence electrons. The Hall–Kier alpha value is -0.340. The summed E-state index contributed by atoms with van der Waals surface area (Å²) in [6, 6.07) is 5.64. The highest BCUT2D eigenvalue weighted by atomic mass is 32.1. The van der Waals surface area contributed by atoms with Crippen LogP contribution in [-0.2, 0) is 0 Å². The molecule has 0 spiro atoms. The molecular weight excluding hydrogens is 178 g/mol. The third-order valence-corrected chi connectivity index (χ3v) is 4.11. The second kappa shape index (κ2) is 3.81. The smallest absolute Gasteiger partial charge is 0.0388 e. The van der Waals surface area contributed by atoms with Gasteiger partial charge >= 0.3 is 0 Å². The van der Waals surface area contributed by atoms with Crippen LogP contribution in [0.1, 0.15) is 37.6 Å². The molecule has 1 aromatic heterocycles. The van der Waals surface area contributed by atoms with Crippen molar-refractivity contribution in [1.29, 1.82) is 0 Å². The third-order valence-electron chi connectivity index (χ3n) is 3.05. The van der Waals surface area contributed by atoms with Crippen LogP contribution in [0.4, 0.5) is 0 Å². The van der Waals surface area contributed by atoms with Gasteiger partial charge in [-0.2, -0.15) is 0 Å². The van der Waals surface area contributed by atoms with Crippen LogP contribution in [0.15, 0.2) is 17.5 Å². The van der Waals surface area contributed by atoms with Crippen LogP contribution in [0.3, 0.4) is 0 Å². The highest BCUT2D eigenvalue weighted by Gasteiger charge is 2.27. The molecule has 2 unspecified atom stereocenters. The van der Waals surface area contributed by atoms with E-state index in [2.05, 4.69) is 36.7 Å². The highest BCUT2D eigenvalue weighted by Crippen LogP contribution is 2.29. The first-order valence-electron chi connectivity index (χ1n) is 5.07. The minimum absolute atomic E-state index is 0.535. The fourth-order valence-electron chi connectivity index (χ4n) is 1.86. The summed E-state index contributed by atoms with van der Waals surface area (Å²) in [6.45, 7) is 4.60. The van der Waals surface area contributed by atoms with E-state index >= 15 is 0 Å². The minimum Gasteiger partial charge on any atom is -0.306 e. The Balaban J connectivity index is 1.88. The molecule has 1 N–H and O–H groups in total. The number of nitrogens with one attached hydrogen (secondary N) is 1. The molecule has 1 saturated carbocycles. The molecule has 13 heavy (non-hydrogen) atoms. The van der Waals surface area contributed by atoms with Crippen LogP contribution in [0.5, 0.6) is 0 Å². The number of hydrogen-bond acceptors (Lipinski definition) is 2. The van der Waals surface area contributed by atoms with E-state index in [0.717, 1.165) is 12.0 Å². The van der Waals surface area contributed by atoms with E-state index in [1.807, 2.05) is 11.3 Å². The van der Waals surface area contributed by atoms with E-state index in [0.29, 0.717) is 6.04 Å². The van der Waals surface area contributed by atoms with Crippen molar-refractivity contribution in [3.63, 3.8) is 0 Å². The lowest BCUT2D eigenvalue weighted by atomic mass is 9.81. The molecule has 1 aliphatic carbocycles. The van der Waals surface area contributed by atoms with Crippen molar-refractivity contribution in [2.24, 2.45) is 5.92 Å². The van der Waals surface area contributed by atoms with Gasteiger partial charge in [0.25, 0.3) is 0 Å². The van der Waals surface area contributed by atoms with E-state index < -0.39 is 0 Å². The van der Waals surface area contributed by atoms with Gasteiger partial charge in [0.1, 0.15) is 0 Å². The van der Waals surface area contributed by atoms with Crippen LogP contribution >= 0.6 is 11.3 Å². The van der Waals surface area contributed by atoms with E-state index in [1.54, 1.807) is 0 Å². The highest BCUT2D eigenvalue weighted by molar-refractivity contribution is 7.10. The van der Waals surface area contributed by atoms with Gasteiger partial charge in [-0.05, 0) is 37.1 Å². The van der Waals surface area contributed by atoms with Crippen LogP contribution in [-0.4, -0.2) is 6.04 Å². The van der Waals surface area contributed by atoms with Gasteiger partial charge in [-0.25, -0.2) is 0 Å². The summed E-state index contributed by atoms with van der Waals surface area (Å²) in [5.74, 6) is 0.877. The summed E-state index contributed by atoms with van der Waals surface area (Å²) < 4.78 is 0. The molecule has 0 saturated heterocycles. The van der Waals surface area contributed by atoms with E-state index in [1.165, 1.54) is 17.7 Å². The maximum atomic E-state index is 3.68. The largest absolute Gasteiger partial charge is 0.306 e. The van der Waals surface area contributed by atoms with Gasteiger partial charge in [-0.3, -0.25) is 0 Å². The van der Waals surface area contributed by atoms with E-state index in [4.69, 9.17) is 0 Å². The predicted molar refractivity (Wildman–Crippen MR) is 58.1 cm³/mol. The monoisotopic (exact) mass is 195 g/mol. The Morgan fingerprint density at radius 1 is 1.54 bits per heavy atom. The zero-order valence-electron chi connectivity index (χ0n) is 8.29. The molecular formula is C11H17NS. The summed E-state index contributed by atoms with van der Waals surface area (Å²) in [6.07, 6.45) is 2.76. The molecule has 1 aromatic rings. The topological polar surface area (TPSA) is 12.0 Å². The van der Waals surface area contributed by atoms with Gasteiger partial charge in [0, 0.05) is 17.0 Å². The normalized spacial score (nSPS) is 29.7. The maximum Gasteiger partial charge on any atom is 0.0388 e. The first kappa shape index (κ1) is 9.22. The van der Waals surface area contributed by atoms with Crippen LogP contribution in [0.2, 0.25) is 0 Å². The summed E-state index contributed by atoms with van der Waals surface area (Å²) in [5.41, 5.74) is 0. The van der Waals surface area contributed by atoms with Crippen molar-refractivity contribution in [3.05, 3.63) is 22.4 Å². The minimum atomic E-state index is 0.535. The van der Waals surface area contributed by atoms with Gasteiger partial charge in [0.15, 0.2) is 0 Å². The molecule has 0 aromatic carbocycles. The standard InChI is InChI=1S/C11H17NS/c1-8-5-6-10(8)12-9(2)11-4-3-7-13-11/h3-4,7-10,12H,5-6H2,1-2H3/t8?,9-,10?/m0/s1. The molecule has 2 heteroatoms. The molecule has 0 radical (unpaired) electrons. The Morgan fingerprint density at radius 2 is 2.38 bits per heavy atom. The fraction of sp³-hybridized carbons (Fsp3) is 0.636. The van der Waals surface area contributed by atoms with E-state index in [9.17, 15) is 0 Å². The molecule has 3 atom stereocenters. The Morgan fingerprint density at radius 3 is 2.85 bits per heavy atom. The molecule has 2 rings (SSSR count). The van der Waals surface area contributed by atoms with Crippen molar-refractivity contribution in [2.45, 2.75) is 38.8 Å². The summed E-state index contributed by atoms with van der Waals surface area (Å²) in [7, 11) is 0. The van der Waals surface area contributed by atoms with Crippen molar-refractivity contribution >= 4 is 11.3 Å². The molecule has 0 aliphatic heterocycles. The molecule has 1 fully saturated rings. The maximum absolute atomic E-state index is 3.68. The zero-order valence-corrected chi connectivity index (χ0v) is 9.10. The van der Waals surface area contributed by atoms with Gasteiger partial charge in [-0.15, -0.1) is 11.3 Å². The van der Waals surface area contributed by atoms with Crippen LogP contribution in [0.25, 0.3) is 0 Å². The number of hydrogen-bond donors (Lipinski definition) is 1. The Kier molecular flexibility index (Phi) is 2.70. The molecule has 1 aliphatic rings. The lowest BCUT2D eigenvalue weighted by Gasteiger charge is -2.36. The van der Waals surface area contributed by atoms with Crippen LogP contribution < -0.4 is 5.32 Å². The van der Waals surface area contributed by atoms with Crippen LogP contribution in [0, 0.1) is 5.92 Å². The summed E-state index contributed by atoms with van der Waals surface area (Å²) >= 11 is 1.85. The second-order valence-electron chi connectivity index (χ2n) is 4.06. The summed E-state index contributed by atoms with van der Waals surface area (Å²) in [4.78, 5) is 1.46. The zero-order chi connectivity index (χ0) is 9.26. The molecule has 0 bridgehead atoms. The quantitative estimate of drug-likeness (QED) is 0.781. The van der Waals surface area contributed by atoms with Gasteiger partial charge < -0.3 is 5.32 Å². The fourth-order valence-corrected chi connectivity index (χ4v) is 2.60. The Bertz CT molecular complexity index is 255. The average molecular weight is 195 g/mol. The molecule has 1 heterocycles. The Labute approximate surface area is 84.2 Å². The second-order valence-corrected chi connectivity index (χ2v) is 5.04. The van der Waals surface area contributed by atoms with Crippen molar-refractivity contribution in [3.8, 4) is 0 Å².